The second kappa shape index (κ2) is 16.2. The normalized spacial score (nSPS) is 15.0. The fraction of sp³-hybridized carbons (Fsp3) is 0.0588. The van der Waals surface area contributed by atoms with Gasteiger partial charge in [-0.15, -0.1) is 20.5 Å². The Balaban J connectivity index is 0.000000220. The Bertz CT molecular complexity index is 3060. The second-order valence-electron chi connectivity index (χ2n) is 12.3. The van der Waals surface area contributed by atoms with Crippen molar-refractivity contribution in [2.75, 3.05) is 11.9 Å². The third-order valence-corrected chi connectivity index (χ3v) is 13.2. The van der Waals surface area contributed by atoms with Crippen LogP contribution in [0, 0.1) is 0 Å². The number of azo groups is 2. The first-order valence-corrected chi connectivity index (χ1v) is 22.4. The molecule has 0 aliphatic carbocycles. The first-order valence-electron chi connectivity index (χ1n) is 16.0. The van der Waals surface area contributed by atoms with Crippen LogP contribution >= 0.6 is 0 Å². The number of quaternary nitrogens is 1. The van der Waals surface area contributed by atoms with Crippen LogP contribution in [-0.4, -0.2) is 66.0 Å². The van der Waals surface area contributed by atoms with Crippen LogP contribution in [-0.2, 0) is 56.5 Å². The molecular weight excluding hydrogens is 918 g/mol. The van der Waals surface area contributed by atoms with E-state index in [4.69, 9.17) is 19.8 Å². The number of sulfonamides is 2. The number of phenolic OH excluding ortho intramolecular Hbond substituents is 4. The van der Waals surface area contributed by atoms with Crippen LogP contribution in [0.5, 0.6) is 34.5 Å². The molecule has 8 rings (SSSR count). The maximum Gasteiger partial charge on any atom is 0.238 e. The summed E-state index contributed by atoms with van der Waals surface area (Å²) in [7, 11) is -16.0. The number of fused-ring (bicyclic) bond motifs is 6. The molecule has 0 fully saturated rings. The minimum Gasteiger partial charge on any atom is -0.506 e. The molecule has 0 saturated carbocycles. The molecule has 2 heterocycles. The molecule has 1 radical (unpaired) electrons. The van der Waals surface area contributed by atoms with Crippen LogP contribution < -0.4 is 25.9 Å². The summed E-state index contributed by atoms with van der Waals surface area (Å²) in [5.41, 5.74) is -1.32. The number of ether oxygens (including phenoxy) is 2. The molecule has 0 amide bonds. The maximum atomic E-state index is 12.5. The van der Waals surface area contributed by atoms with E-state index in [1.54, 1.807) is 48.5 Å². The largest absolute Gasteiger partial charge is 0.506 e. The van der Waals surface area contributed by atoms with Gasteiger partial charge in [-0.1, -0.05) is 48.5 Å². The van der Waals surface area contributed by atoms with Crippen LogP contribution in [0.4, 0.5) is 22.7 Å². The molecule has 0 bridgehead atoms. The molecule has 6 aromatic carbocycles. The molecule has 0 aromatic heterocycles. The van der Waals surface area contributed by atoms with Crippen LogP contribution in [0.3, 0.4) is 0 Å². The Kier molecular flexibility index (Phi) is 12.2. The summed E-state index contributed by atoms with van der Waals surface area (Å²) >= 11 is 0. The molecule has 2 aliphatic rings. The topological polar surface area (TPSA) is 374 Å². The van der Waals surface area contributed by atoms with Gasteiger partial charge in [-0.2, -0.15) is 0 Å². The third-order valence-electron chi connectivity index (χ3n) is 8.55. The van der Waals surface area contributed by atoms with Crippen molar-refractivity contribution >= 4 is 84.0 Å². The fourth-order valence-electron chi connectivity index (χ4n) is 5.87. The minimum absolute atomic E-state index is 0. The van der Waals surface area contributed by atoms with E-state index >= 15 is 0 Å². The number of nitrogens with two attached hydrogens (primary N) is 2. The number of phenols is 4. The third kappa shape index (κ3) is 8.26. The van der Waals surface area contributed by atoms with Gasteiger partial charge in [0, 0.05) is 38.3 Å². The fourth-order valence-corrected chi connectivity index (χ4v) is 9.49. The number of nitrogens with zero attached hydrogens (tertiary/aromatic N) is 4. The molecule has 21 nitrogen and oxygen atoms in total. The number of rotatable bonds is 6. The van der Waals surface area contributed by atoms with E-state index in [1.165, 1.54) is 0 Å². The number of hydrogen-bond donors (Lipinski definition) is 7. The summed E-state index contributed by atoms with van der Waals surface area (Å²) < 4.78 is 106. The number of aromatic hydroxyl groups is 4. The van der Waals surface area contributed by atoms with Crippen molar-refractivity contribution in [2.45, 2.75) is 19.6 Å². The van der Waals surface area contributed by atoms with Crippen LogP contribution in [0.2, 0.25) is 0 Å². The molecular formula is C34H30CoN7O14S4+. The number of sulfone groups is 2. The van der Waals surface area contributed by atoms with Crippen molar-refractivity contribution in [1.82, 2.24) is 6.15 Å². The molecule has 0 saturated heterocycles. The van der Waals surface area contributed by atoms with Gasteiger partial charge in [0.1, 0.15) is 44.2 Å². The average molecular weight is 948 g/mol. The molecule has 0 spiro atoms. The standard InChI is InChI=1S/2C17H13N3O7S2.Co.H3N/c2*18-29(25,26)9-5-6-13(21)12(7-9)19-20-14-15(22)10-3-1-2-4-11(10)16-17(14)28(23,24)8-27-16;;/h2*1-7,21-22H,8H2,(H2,18,25,26);;1H3/p+1. The Labute approximate surface area is 350 Å². The van der Waals surface area contributed by atoms with Gasteiger partial charge in [0.25, 0.3) is 0 Å². The minimum atomic E-state index is -4.07. The van der Waals surface area contributed by atoms with E-state index in [2.05, 4.69) is 20.5 Å². The zero-order valence-corrected chi connectivity index (χ0v) is 34.6. The van der Waals surface area contributed by atoms with Crippen molar-refractivity contribution in [3.05, 3.63) is 84.9 Å². The molecule has 26 heteroatoms. The zero-order chi connectivity index (χ0) is 41.9. The van der Waals surface area contributed by atoms with Crippen LogP contribution in [0.25, 0.3) is 21.5 Å². The van der Waals surface area contributed by atoms with E-state index in [1.807, 2.05) is 0 Å². The van der Waals surface area contributed by atoms with Crippen molar-refractivity contribution < 1.29 is 80.3 Å². The molecule has 317 valence electrons. The van der Waals surface area contributed by atoms with Gasteiger partial charge in [-0.05, 0) is 36.4 Å². The predicted molar refractivity (Wildman–Crippen MR) is 210 cm³/mol. The molecule has 60 heavy (non-hydrogen) atoms. The zero-order valence-electron chi connectivity index (χ0n) is 30.3. The van der Waals surface area contributed by atoms with Gasteiger partial charge in [0.2, 0.25) is 39.7 Å². The first kappa shape index (κ1) is 45.1. The Hall–Kier alpha value is -5.97. The van der Waals surface area contributed by atoms with Crippen LogP contribution in [0.15, 0.2) is 125 Å². The Morgan fingerprint density at radius 1 is 0.533 bits per heavy atom. The molecule has 12 N–H and O–H groups in total. The van der Waals surface area contributed by atoms with E-state index < -0.39 is 74.6 Å². The number of benzene rings is 6. The Morgan fingerprint density at radius 2 is 0.867 bits per heavy atom. The molecule has 0 unspecified atom stereocenters. The number of primary sulfonamides is 2. The first-order chi connectivity index (χ1) is 27.2. The second-order valence-corrected chi connectivity index (χ2v) is 19.2. The monoisotopic (exact) mass is 947 g/mol. The van der Waals surface area contributed by atoms with Crippen molar-refractivity contribution in [3.8, 4) is 34.5 Å². The summed E-state index contributed by atoms with van der Waals surface area (Å²) in [4.78, 5) is -1.32. The van der Waals surface area contributed by atoms with Crippen molar-refractivity contribution in [1.29, 1.82) is 0 Å². The number of hydrogen-bond acceptors (Lipinski definition) is 18. The van der Waals surface area contributed by atoms with Crippen LogP contribution in [0.1, 0.15) is 0 Å². The maximum absolute atomic E-state index is 12.5. The quantitative estimate of drug-likeness (QED) is 0.105. The van der Waals surface area contributed by atoms with E-state index in [9.17, 15) is 54.1 Å². The van der Waals surface area contributed by atoms with Gasteiger partial charge in [-0.3, -0.25) is 0 Å². The Morgan fingerprint density at radius 3 is 1.20 bits per heavy atom. The molecule has 6 aromatic rings. The summed E-state index contributed by atoms with van der Waals surface area (Å²) in [6.45, 7) is 0. The predicted octanol–water partition coefficient (Wildman–Crippen LogP) is 5.25. The van der Waals surface area contributed by atoms with Gasteiger partial charge < -0.3 is 36.1 Å². The van der Waals surface area contributed by atoms with Gasteiger partial charge >= 0.3 is 0 Å². The van der Waals surface area contributed by atoms with Crippen molar-refractivity contribution in [2.24, 2.45) is 30.7 Å². The van der Waals surface area contributed by atoms with E-state index in [0.717, 1.165) is 36.4 Å². The van der Waals surface area contributed by atoms with E-state index in [0.29, 0.717) is 21.5 Å². The average Bonchev–Trinajstić information content (AvgIpc) is 3.66. The van der Waals surface area contributed by atoms with Gasteiger partial charge in [-0.25, -0.2) is 43.9 Å². The summed E-state index contributed by atoms with van der Waals surface area (Å²) in [5.74, 6) is -2.90. The molecule has 2 aliphatic heterocycles. The molecule has 0 atom stereocenters. The smallest absolute Gasteiger partial charge is 0.238 e. The summed E-state index contributed by atoms with van der Waals surface area (Å²) in [6.07, 6.45) is 0. The van der Waals surface area contributed by atoms with E-state index in [-0.39, 0.29) is 76.8 Å². The van der Waals surface area contributed by atoms with Crippen molar-refractivity contribution in [3.63, 3.8) is 0 Å². The summed E-state index contributed by atoms with van der Waals surface area (Å²) in [5, 5.41) is 67.6. The SMILES string of the molecule is NS(=O)(=O)c1ccc(O)c(N=Nc2c3c(c4ccccc4c2O)OCS3(=O)=O)c1.NS(=O)(=O)c1ccc(O)c(N=Nc2c3c(c4ccccc4c2O)OCS3(=O)=O)c1.[Co].[NH4+]. The van der Waals surface area contributed by atoms with Gasteiger partial charge in [0.05, 0.1) is 9.79 Å². The summed E-state index contributed by atoms with van der Waals surface area (Å²) in [6, 6.07) is 19.1. The van der Waals surface area contributed by atoms with Gasteiger partial charge in [0.15, 0.2) is 34.8 Å².